The maximum atomic E-state index is 12.4. The number of benzene rings is 1. The molecule has 1 aromatic carbocycles. The van der Waals surface area contributed by atoms with E-state index in [1.54, 1.807) is 0 Å². The van der Waals surface area contributed by atoms with Crippen molar-refractivity contribution >= 4 is 28.6 Å². The number of amides is 1. The van der Waals surface area contributed by atoms with Crippen molar-refractivity contribution < 1.29 is 4.79 Å². The second kappa shape index (κ2) is 7.99. The molecular weight excluding hydrogens is 342 g/mol. The van der Waals surface area contributed by atoms with E-state index < -0.39 is 0 Å². The topological polar surface area (TPSA) is 46.1 Å². The lowest BCUT2D eigenvalue weighted by Gasteiger charge is -2.32. The quantitative estimate of drug-likeness (QED) is 0.591. The third-order valence-corrected chi connectivity index (χ3v) is 5.48. The number of carbonyl (C=O) groups is 1. The molecule has 1 aliphatic heterocycles. The third kappa shape index (κ3) is 4.08. The van der Waals surface area contributed by atoms with Gasteiger partial charge in [0.25, 0.3) is 5.24 Å². The molecule has 0 saturated carbocycles. The van der Waals surface area contributed by atoms with Crippen molar-refractivity contribution in [2.45, 2.75) is 36.5 Å². The minimum absolute atomic E-state index is 0.121. The molecule has 3 rings (SSSR count). The highest BCUT2D eigenvalue weighted by atomic mass is 35.5. The molecule has 0 N–H and O–H groups in total. The summed E-state index contributed by atoms with van der Waals surface area (Å²) in [5, 5.41) is 0.121. The SMILES string of the molecule is Cc1ncc(CCl)c(C2CCN(C(=O)Sc3ccccc3)CC2)n1. The van der Waals surface area contributed by atoms with Crippen LogP contribution in [0.15, 0.2) is 41.4 Å². The molecule has 1 fully saturated rings. The average molecular weight is 362 g/mol. The van der Waals surface area contributed by atoms with Gasteiger partial charge in [-0.3, -0.25) is 4.79 Å². The largest absolute Gasteiger partial charge is 0.333 e. The molecule has 2 aromatic rings. The van der Waals surface area contributed by atoms with Gasteiger partial charge in [-0.2, -0.15) is 0 Å². The number of piperidine rings is 1. The molecule has 1 saturated heterocycles. The highest BCUT2D eigenvalue weighted by Crippen LogP contribution is 2.31. The Morgan fingerprint density at radius 1 is 1.29 bits per heavy atom. The zero-order valence-corrected chi connectivity index (χ0v) is 15.2. The minimum atomic E-state index is 0.121. The summed E-state index contributed by atoms with van der Waals surface area (Å²) < 4.78 is 0. The number of hydrogen-bond acceptors (Lipinski definition) is 4. The van der Waals surface area contributed by atoms with E-state index in [1.807, 2.05) is 48.4 Å². The van der Waals surface area contributed by atoms with Crippen molar-refractivity contribution in [1.82, 2.24) is 14.9 Å². The smallest absolute Gasteiger partial charge is 0.286 e. The standard InChI is InChI=1S/C18H20ClN3OS/c1-13-20-12-15(11-19)17(21-13)14-7-9-22(10-8-14)18(23)24-16-5-3-2-4-6-16/h2-6,12,14H,7-11H2,1H3. The van der Waals surface area contributed by atoms with Gasteiger partial charge in [0.05, 0.1) is 11.6 Å². The molecular formula is C18H20ClN3OS. The Hall–Kier alpha value is -1.59. The summed E-state index contributed by atoms with van der Waals surface area (Å²) in [7, 11) is 0. The first kappa shape index (κ1) is 17.2. The summed E-state index contributed by atoms with van der Waals surface area (Å²) in [6.07, 6.45) is 3.66. The van der Waals surface area contributed by atoms with Gasteiger partial charge < -0.3 is 4.90 Å². The predicted octanol–water partition coefficient (Wildman–Crippen LogP) is 4.62. The molecule has 0 unspecified atom stereocenters. The summed E-state index contributed by atoms with van der Waals surface area (Å²) in [5.41, 5.74) is 2.06. The summed E-state index contributed by atoms with van der Waals surface area (Å²) in [5.74, 6) is 1.56. The van der Waals surface area contributed by atoms with Crippen molar-refractivity contribution in [1.29, 1.82) is 0 Å². The van der Waals surface area contributed by atoms with Crippen LogP contribution in [0.5, 0.6) is 0 Å². The number of aromatic nitrogens is 2. The fraction of sp³-hybridized carbons (Fsp3) is 0.389. The Morgan fingerprint density at radius 2 is 2.00 bits per heavy atom. The number of aryl methyl sites for hydroxylation is 1. The third-order valence-electron chi connectivity index (χ3n) is 4.25. The highest BCUT2D eigenvalue weighted by molar-refractivity contribution is 8.13. The maximum absolute atomic E-state index is 12.4. The zero-order chi connectivity index (χ0) is 16.9. The van der Waals surface area contributed by atoms with Crippen LogP contribution >= 0.6 is 23.4 Å². The first-order valence-electron chi connectivity index (χ1n) is 8.07. The van der Waals surface area contributed by atoms with Crippen molar-refractivity contribution in [2.24, 2.45) is 0 Å². The molecule has 0 bridgehead atoms. The van der Waals surface area contributed by atoms with Gasteiger partial charge in [0.15, 0.2) is 0 Å². The normalized spacial score (nSPS) is 15.5. The van der Waals surface area contributed by atoms with Crippen LogP contribution in [0.1, 0.15) is 35.8 Å². The molecule has 24 heavy (non-hydrogen) atoms. The minimum Gasteiger partial charge on any atom is -0.333 e. The van der Waals surface area contributed by atoms with E-state index in [2.05, 4.69) is 9.97 Å². The van der Waals surface area contributed by atoms with Gasteiger partial charge in [-0.05, 0) is 43.7 Å². The molecule has 0 radical (unpaired) electrons. The van der Waals surface area contributed by atoms with Crippen LogP contribution in [-0.2, 0) is 5.88 Å². The molecule has 2 heterocycles. The van der Waals surface area contributed by atoms with Gasteiger partial charge in [-0.1, -0.05) is 18.2 Å². The predicted molar refractivity (Wildman–Crippen MR) is 97.6 cm³/mol. The number of thioether (sulfide) groups is 1. The van der Waals surface area contributed by atoms with E-state index in [1.165, 1.54) is 11.8 Å². The van der Waals surface area contributed by atoms with Crippen molar-refractivity contribution in [3.63, 3.8) is 0 Å². The number of hydrogen-bond donors (Lipinski definition) is 0. The zero-order valence-electron chi connectivity index (χ0n) is 13.6. The van der Waals surface area contributed by atoms with Crippen molar-refractivity contribution in [3.8, 4) is 0 Å². The Labute approximate surface area is 151 Å². The fourth-order valence-electron chi connectivity index (χ4n) is 2.96. The van der Waals surface area contributed by atoms with Crippen LogP contribution in [0.3, 0.4) is 0 Å². The molecule has 1 aliphatic rings. The Morgan fingerprint density at radius 3 is 2.67 bits per heavy atom. The van der Waals surface area contributed by atoms with Gasteiger partial charge in [-0.15, -0.1) is 11.6 Å². The van der Waals surface area contributed by atoms with E-state index in [4.69, 9.17) is 11.6 Å². The summed E-state index contributed by atoms with van der Waals surface area (Å²) in [4.78, 5) is 24.2. The lowest BCUT2D eigenvalue weighted by Crippen LogP contribution is -2.36. The van der Waals surface area contributed by atoms with Crippen molar-refractivity contribution in [2.75, 3.05) is 13.1 Å². The second-order valence-electron chi connectivity index (χ2n) is 5.90. The molecule has 4 nitrogen and oxygen atoms in total. The molecule has 0 aliphatic carbocycles. The molecule has 1 aromatic heterocycles. The Bertz CT molecular complexity index is 703. The molecule has 0 spiro atoms. The number of alkyl halides is 1. The monoisotopic (exact) mass is 361 g/mol. The van der Waals surface area contributed by atoms with E-state index in [9.17, 15) is 4.79 Å². The molecule has 6 heteroatoms. The summed E-state index contributed by atoms with van der Waals surface area (Å²) in [6, 6.07) is 9.79. The van der Waals surface area contributed by atoms with Crippen LogP contribution in [0, 0.1) is 6.92 Å². The van der Waals surface area contributed by atoms with E-state index in [0.717, 1.165) is 47.9 Å². The first-order chi connectivity index (χ1) is 11.7. The number of carbonyl (C=O) groups excluding carboxylic acids is 1. The first-order valence-corrected chi connectivity index (χ1v) is 9.42. The second-order valence-corrected chi connectivity index (χ2v) is 7.20. The van der Waals surface area contributed by atoms with E-state index in [-0.39, 0.29) is 5.24 Å². The summed E-state index contributed by atoms with van der Waals surface area (Å²) >= 11 is 7.32. The van der Waals surface area contributed by atoms with Crippen LogP contribution in [0.25, 0.3) is 0 Å². The van der Waals surface area contributed by atoms with Gasteiger partial charge in [0.1, 0.15) is 5.82 Å². The number of likely N-dealkylation sites (tertiary alicyclic amines) is 1. The Balaban J connectivity index is 1.62. The van der Waals surface area contributed by atoms with Gasteiger partial charge in [-0.25, -0.2) is 9.97 Å². The fourth-order valence-corrected chi connectivity index (χ4v) is 3.97. The molecule has 1 amide bonds. The van der Waals surface area contributed by atoms with Crippen LogP contribution in [-0.4, -0.2) is 33.2 Å². The van der Waals surface area contributed by atoms with Gasteiger partial charge >= 0.3 is 0 Å². The van der Waals surface area contributed by atoms with Crippen LogP contribution < -0.4 is 0 Å². The van der Waals surface area contributed by atoms with Crippen LogP contribution in [0.4, 0.5) is 4.79 Å². The van der Waals surface area contributed by atoms with Gasteiger partial charge in [0, 0.05) is 35.7 Å². The Kier molecular flexibility index (Phi) is 5.74. The molecule has 126 valence electrons. The van der Waals surface area contributed by atoms with Crippen molar-refractivity contribution in [3.05, 3.63) is 53.6 Å². The lowest BCUT2D eigenvalue weighted by atomic mass is 9.91. The number of rotatable bonds is 3. The molecule has 0 atom stereocenters. The van der Waals surface area contributed by atoms with Crippen LogP contribution in [0.2, 0.25) is 0 Å². The maximum Gasteiger partial charge on any atom is 0.286 e. The highest BCUT2D eigenvalue weighted by Gasteiger charge is 2.26. The lowest BCUT2D eigenvalue weighted by molar-refractivity contribution is 0.205. The number of halogens is 1. The van der Waals surface area contributed by atoms with Gasteiger partial charge in [0.2, 0.25) is 0 Å². The van der Waals surface area contributed by atoms with E-state index in [0.29, 0.717) is 11.8 Å². The number of nitrogens with zero attached hydrogens (tertiary/aromatic N) is 3. The average Bonchev–Trinajstić information content (AvgIpc) is 2.62. The summed E-state index contributed by atoms with van der Waals surface area (Å²) in [6.45, 7) is 3.42. The van der Waals surface area contributed by atoms with E-state index >= 15 is 0 Å².